The maximum atomic E-state index is 12.8. The third-order valence-corrected chi connectivity index (χ3v) is 6.48. The van der Waals surface area contributed by atoms with Crippen LogP contribution in [-0.4, -0.2) is 38.9 Å². The number of hydrogen-bond acceptors (Lipinski definition) is 5. The molecule has 2 aromatic carbocycles. The van der Waals surface area contributed by atoms with Crippen LogP contribution >= 0.6 is 23.4 Å². The molecular formula is C24H28ClN5O2S. The molecule has 33 heavy (non-hydrogen) atoms. The molecule has 1 aromatic heterocycles. The maximum Gasteiger partial charge on any atom is 0.253 e. The highest BCUT2D eigenvalue weighted by Gasteiger charge is 2.26. The van der Waals surface area contributed by atoms with Crippen LogP contribution in [0.5, 0.6) is 0 Å². The van der Waals surface area contributed by atoms with Crippen LogP contribution in [0.3, 0.4) is 0 Å². The second-order valence-electron chi connectivity index (χ2n) is 7.95. The lowest BCUT2D eigenvalue weighted by Crippen LogP contribution is -2.33. The molecule has 0 spiro atoms. The predicted octanol–water partition coefficient (Wildman–Crippen LogP) is 4.05. The molecule has 0 bridgehead atoms. The number of rotatable bonds is 10. The van der Waals surface area contributed by atoms with Gasteiger partial charge in [0, 0.05) is 13.6 Å². The molecular weight excluding hydrogens is 458 g/mol. The van der Waals surface area contributed by atoms with Crippen molar-refractivity contribution in [1.82, 2.24) is 25.4 Å². The van der Waals surface area contributed by atoms with Crippen LogP contribution in [0, 0.1) is 5.92 Å². The highest BCUT2D eigenvalue weighted by molar-refractivity contribution is 7.99. The Labute approximate surface area is 203 Å². The second-order valence-corrected chi connectivity index (χ2v) is 9.30. The first-order valence-electron chi connectivity index (χ1n) is 10.7. The molecule has 174 valence electrons. The van der Waals surface area contributed by atoms with Crippen LogP contribution < -0.4 is 10.6 Å². The number of aromatic nitrogens is 3. The van der Waals surface area contributed by atoms with Gasteiger partial charge in [0.15, 0.2) is 11.0 Å². The van der Waals surface area contributed by atoms with E-state index in [0.29, 0.717) is 28.1 Å². The van der Waals surface area contributed by atoms with Gasteiger partial charge in [-0.2, -0.15) is 0 Å². The van der Waals surface area contributed by atoms with Crippen LogP contribution in [0.25, 0.3) is 0 Å². The lowest BCUT2D eigenvalue weighted by atomic mass is 10.0. The van der Waals surface area contributed by atoms with Gasteiger partial charge in [-0.3, -0.25) is 9.59 Å². The minimum atomic E-state index is -0.361. The van der Waals surface area contributed by atoms with Crippen molar-refractivity contribution in [2.45, 2.75) is 31.5 Å². The molecule has 0 aliphatic heterocycles. The fraction of sp³-hybridized carbons (Fsp3) is 0.333. The molecule has 0 aliphatic rings. The van der Waals surface area contributed by atoms with Gasteiger partial charge in [0.1, 0.15) is 0 Å². The van der Waals surface area contributed by atoms with Gasteiger partial charge in [-0.25, -0.2) is 0 Å². The Bertz CT molecular complexity index is 1090. The molecule has 9 heteroatoms. The number of benzene rings is 2. The Kier molecular flexibility index (Phi) is 8.91. The Hall–Kier alpha value is -2.84. The highest BCUT2D eigenvalue weighted by atomic mass is 35.5. The van der Waals surface area contributed by atoms with Crippen LogP contribution in [0.4, 0.5) is 0 Å². The van der Waals surface area contributed by atoms with Crippen molar-refractivity contribution < 1.29 is 9.59 Å². The van der Waals surface area contributed by atoms with Crippen molar-refractivity contribution in [3.05, 3.63) is 76.6 Å². The number of thioether (sulfide) groups is 1. The Morgan fingerprint density at radius 3 is 2.45 bits per heavy atom. The van der Waals surface area contributed by atoms with Gasteiger partial charge >= 0.3 is 0 Å². The van der Waals surface area contributed by atoms with E-state index >= 15 is 0 Å². The Morgan fingerprint density at radius 1 is 1.06 bits per heavy atom. The summed E-state index contributed by atoms with van der Waals surface area (Å²) >= 11 is 7.48. The standard InChI is InChI=1S/C24H28ClN5O2S/c1-16(2)21(27-23(32)18-11-7-8-12-19(18)25)22-28-29-24(30(22)3)33-15-20(31)26-14-13-17-9-5-4-6-10-17/h4-12,16,21H,13-15H2,1-3H3,(H,26,31)(H,27,32)/t21-/m1/s1. The summed E-state index contributed by atoms with van der Waals surface area (Å²) in [6.45, 7) is 4.58. The molecule has 0 saturated carbocycles. The summed E-state index contributed by atoms with van der Waals surface area (Å²) < 4.78 is 1.82. The van der Waals surface area contributed by atoms with Gasteiger partial charge in [-0.1, -0.05) is 79.7 Å². The van der Waals surface area contributed by atoms with E-state index in [2.05, 4.69) is 20.8 Å². The van der Waals surface area contributed by atoms with E-state index < -0.39 is 0 Å². The van der Waals surface area contributed by atoms with Crippen molar-refractivity contribution in [1.29, 1.82) is 0 Å². The van der Waals surface area contributed by atoms with Crippen molar-refractivity contribution in [3.8, 4) is 0 Å². The Balaban J connectivity index is 1.58. The van der Waals surface area contributed by atoms with E-state index in [0.717, 1.165) is 6.42 Å². The first-order valence-corrected chi connectivity index (χ1v) is 12.1. The van der Waals surface area contributed by atoms with E-state index in [1.165, 1.54) is 17.3 Å². The first-order chi connectivity index (χ1) is 15.9. The number of nitrogens with one attached hydrogen (secondary N) is 2. The summed E-state index contributed by atoms with van der Waals surface area (Å²) in [5.41, 5.74) is 1.59. The zero-order valence-electron chi connectivity index (χ0n) is 18.9. The zero-order chi connectivity index (χ0) is 23.8. The van der Waals surface area contributed by atoms with E-state index in [1.807, 2.05) is 55.8 Å². The van der Waals surface area contributed by atoms with Crippen LogP contribution in [0.1, 0.15) is 41.6 Å². The monoisotopic (exact) mass is 485 g/mol. The van der Waals surface area contributed by atoms with E-state index in [4.69, 9.17) is 11.6 Å². The molecule has 2 amide bonds. The Morgan fingerprint density at radius 2 is 1.76 bits per heavy atom. The minimum absolute atomic E-state index is 0.0621. The smallest absolute Gasteiger partial charge is 0.253 e. The van der Waals surface area contributed by atoms with Gasteiger partial charge in [0.2, 0.25) is 5.91 Å². The maximum absolute atomic E-state index is 12.8. The average molecular weight is 486 g/mol. The van der Waals surface area contributed by atoms with Gasteiger partial charge in [0.25, 0.3) is 5.91 Å². The number of carbonyl (C=O) groups excluding carboxylic acids is 2. The van der Waals surface area contributed by atoms with Gasteiger partial charge < -0.3 is 15.2 Å². The summed E-state index contributed by atoms with van der Waals surface area (Å²) in [4.78, 5) is 25.0. The van der Waals surface area contributed by atoms with Crippen LogP contribution in [0.15, 0.2) is 59.8 Å². The SMILES string of the molecule is CC(C)[C@@H](NC(=O)c1ccccc1Cl)c1nnc(SCC(=O)NCCc2ccccc2)n1C. The molecule has 2 N–H and O–H groups in total. The fourth-order valence-electron chi connectivity index (χ4n) is 3.29. The normalized spacial score (nSPS) is 11.9. The lowest BCUT2D eigenvalue weighted by molar-refractivity contribution is -0.118. The van der Waals surface area contributed by atoms with Crippen molar-refractivity contribution in [3.63, 3.8) is 0 Å². The first kappa shape index (κ1) is 24.8. The largest absolute Gasteiger partial charge is 0.355 e. The van der Waals surface area contributed by atoms with Crippen LogP contribution in [-0.2, 0) is 18.3 Å². The molecule has 1 atom stereocenters. The van der Waals surface area contributed by atoms with Crippen molar-refractivity contribution >= 4 is 35.2 Å². The summed E-state index contributed by atoms with van der Waals surface area (Å²) in [7, 11) is 1.84. The van der Waals surface area contributed by atoms with E-state index in [9.17, 15) is 9.59 Å². The minimum Gasteiger partial charge on any atom is -0.355 e. The number of nitrogens with zero attached hydrogens (tertiary/aromatic N) is 3. The van der Waals surface area contributed by atoms with Gasteiger partial charge in [0.05, 0.1) is 22.4 Å². The molecule has 3 aromatic rings. The van der Waals surface area contributed by atoms with Gasteiger partial charge in [-0.05, 0) is 30.0 Å². The van der Waals surface area contributed by atoms with Crippen molar-refractivity contribution in [2.24, 2.45) is 13.0 Å². The number of amides is 2. The summed E-state index contributed by atoms with van der Waals surface area (Å²) in [5, 5.41) is 15.5. The highest BCUT2D eigenvalue weighted by Crippen LogP contribution is 2.25. The zero-order valence-corrected chi connectivity index (χ0v) is 20.5. The number of hydrogen-bond donors (Lipinski definition) is 2. The average Bonchev–Trinajstić information content (AvgIpc) is 3.16. The molecule has 0 aliphatic carbocycles. The predicted molar refractivity (Wildman–Crippen MR) is 131 cm³/mol. The molecule has 7 nitrogen and oxygen atoms in total. The molecule has 0 fully saturated rings. The van der Waals surface area contributed by atoms with Gasteiger partial charge in [-0.15, -0.1) is 10.2 Å². The quantitative estimate of drug-likeness (QED) is 0.423. The van der Waals surface area contributed by atoms with Crippen molar-refractivity contribution in [2.75, 3.05) is 12.3 Å². The topological polar surface area (TPSA) is 88.9 Å². The molecule has 0 saturated heterocycles. The molecule has 0 radical (unpaired) electrons. The van der Waals surface area contributed by atoms with E-state index in [1.54, 1.807) is 24.3 Å². The number of carbonyl (C=O) groups is 2. The molecule has 0 unspecified atom stereocenters. The molecule has 1 heterocycles. The summed E-state index contributed by atoms with van der Waals surface area (Å²) in [6, 6.07) is 16.6. The third kappa shape index (κ3) is 6.82. The second kappa shape index (κ2) is 11.9. The summed E-state index contributed by atoms with van der Waals surface area (Å²) in [5.74, 6) is 0.595. The number of halogens is 1. The van der Waals surface area contributed by atoms with Crippen LogP contribution in [0.2, 0.25) is 5.02 Å². The van der Waals surface area contributed by atoms with E-state index in [-0.39, 0.29) is 29.5 Å². The molecule has 3 rings (SSSR count). The summed E-state index contributed by atoms with van der Waals surface area (Å²) in [6.07, 6.45) is 0.784. The third-order valence-electron chi connectivity index (χ3n) is 5.13. The lowest BCUT2D eigenvalue weighted by Gasteiger charge is -2.22. The fourth-order valence-corrected chi connectivity index (χ4v) is 4.26.